The number of benzene rings is 1. The van der Waals surface area contributed by atoms with Gasteiger partial charge in [0.1, 0.15) is 0 Å². The predicted octanol–water partition coefficient (Wildman–Crippen LogP) is 1.72. The second-order valence-electron chi connectivity index (χ2n) is 3.09. The van der Waals surface area contributed by atoms with Gasteiger partial charge < -0.3 is 10.8 Å². The Morgan fingerprint density at radius 3 is 2.31 bits per heavy atom. The molecule has 0 saturated heterocycles. The highest BCUT2D eigenvalue weighted by Gasteiger charge is 2.23. The molecule has 0 aliphatic carbocycles. The number of carboxylic acids is 1. The molecule has 0 spiro atoms. The van der Waals surface area contributed by atoms with Crippen LogP contribution in [-0.4, -0.2) is 11.1 Å². The van der Waals surface area contributed by atoms with Crippen molar-refractivity contribution in [3.05, 3.63) is 34.9 Å². The first-order valence-corrected chi connectivity index (χ1v) is 4.14. The van der Waals surface area contributed by atoms with Crippen LogP contribution < -0.4 is 5.73 Å². The van der Waals surface area contributed by atoms with Gasteiger partial charge in [-0.25, -0.2) is 17.6 Å². The first kappa shape index (κ1) is 12.4. The number of aliphatic carboxylic acids is 1. The Morgan fingerprint density at radius 1 is 1.25 bits per heavy atom. The molecule has 0 radical (unpaired) electrons. The maximum atomic E-state index is 13.1. The normalized spacial score (nSPS) is 12.6. The van der Waals surface area contributed by atoms with Crippen LogP contribution in [0.2, 0.25) is 0 Å². The third kappa shape index (κ3) is 2.30. The fraction of sp³-hybridized carbons (Fsp3) is 0.222. The summed E-state index contributed by atoms with van der Waals surface area (Å²) in [5, 5.41) is 8.37. The minimum absolute atomic E-state index is 0.349. The SMILES string of the molecule is NC(CC(=O)O)c1cc(F)c(F)c(F)c1F. The molecular weight excluding hydrogens is 230 g/mol. The van der Waals surface area contributed by atoms with E-state index in [9.17, 15) is 22.4 Å². The molecule has 1 unspecified atom stereocenters. The van der Waals surface area contributed by atoms with E-state index in [1.54, 1.807) is 0 Å². The van der Waals surface area contributed by atoms with Crippen molar-refractivity contribution < 1.29 is 27.5 Å². The van der Waals surface area contributed by atoms with Gasteiger partial charge in [-0.3, -0.25) is 4.79 Å². The van der Waals surface area contributed by atoms with Crippen LogP contribution in [0.25, 0.3) is 0 Å². The van der Waals surface area contributed by atoms with Crippen molar-refractivity contribution in [1.82, 2.24) is 0 Å². The number of carbonyl (C=O) groups is 1. The zero-order valence-electron chi connectivity index (χ0n) is 7.81. The molecule has 0 bridgehead atoms. The van der Waals surface area contributed by atoms with Gasteiger partial charge in [-0.2, -0.15) is 0 Å². The Hall–Kier alpha value is -1.63. The second kappa shape index (κ2) is 4.48. The number of carboxylic acid groups (broad SMARTS) is 1. The highest BCUT2D eigenvalue weighted by molar-refractivity contribution is 5.67. The van der Waals surface area contributed by atoms with Gasteiger partial charge in [0.05, 0.1) is 6.42 Å². The minimum Gasteiger partial charge on any atom is -0.481 e. The minimum atomic E-state index is -2.00. The molecule has 0 fully saturated rings. The highest BCUT2D eigenvalue weighted by atomic mass is 19.2. The van der Waals surface area contributed by atoms with Gasteiger partial charge in [0.25, 0.3) is 0 Å². The molecule has 3 nitrogen and oxygen atoms in total. The lowest BCUT2D eigenvalue weighted by Gasteiger charge is -2.11. The van der Waals surface area contributed by atoms with Crippen LogP contribution in [0.1, 0.15) is 18.0 Å². The molecule has 1 aromatic carbocycles. The molecule has 16 heavy (non-hydrogen) atoms. The topological polar surface area (TPSA) is 63.3 Å². The average molecular weight is 237 g/mol. The van der Waals surface area contributed by atoms with Gasteiger partial charge >= 0.3 is 5.97 Å². The summed E-state index contributed by atoms with van der Waals surface area (Å²) < 4.78 is 51.1. The number of halogens is 4. The Morgan fingerprint density at radius 2 is 1.81 bits per heavy atom. The predicted molar refractivity (Wildman–Crippen MR) is 45.5 cm³/mol. The van der Waals surface area contributed by atoms with Crippen LogP contribution in [0, 0.1) is 23.3 Å². The molecule has 0 amide bonds. The molecule has 88 valence electrons. The van der Waals surface area contributed by atoms with Gasteiger partial charge in [-0.1, -0.05) is 0 Å². The number of nitrogens with two attached hydrogens (primary N) is 1. The molecule has 0 heterocycles. The molecular formula is C9H7F4NO2. The molecule has 0 aromatic heterocycles. The molecule has 3 N–H and O–H groups in total. The summed E-state index contributed by atoms with van der Waals surface area (Å²) >= 11 is 0. The van der Waals surface area contributed by atoms with Gasteiger partial charge in [-0.15, -0.1) is 0 Å². The fourth-order valence-corrected chi connectivity index (χ4v) is 1.16. The first-order chi connectivity index (χ1) is 7.34. The van der Waals surface area contributed by atoms with E-state index in [0.29, 0.717) is 6.07 Å². The van der Waals surface area contributed by atoms with Crippen molar-refractivity contribution in [2.24, 2.45) is 5.73 Å². The number of rotatable bonds is 3. The van der Waals surface area contributed by atoms with Crippen molar-refractivity contribution in [2.75, 3.05) is 0 Å². The molecule has 1 aromatic rings. The van der Waals surface area contributed by atoms with Crippen LogP contribution in [0.5, 0.6) is 0 Å². The number of hydrogen-bond donors (Lipinski definition) is 2. The summed E-state index contributed by atoms with van der Waals surface area (Å²) in [6.45, 7) is 0. The third-order valence-electron chi connectivity index (χ3n) is 1.92. The van der Waals surface area contributed by atoms with E-state index >= 15 is 0 Å². The van der Waals surface area contributed by atoms with Crippen molar-refractivity contribution in [3.8, 4) is 0 Å². The summed E-state index contributed by atoms with van der Waals surface area (Å²) in [6.07, 6.45) is -0.721. The molecule has 0 aliphatic rings. The van der Waals surface area contributed by atoms with Crippen molar-refractivity contribution in [2.45, 2.75) is 12.5 Å². The van der Waals surface area contributed by atoms with E-state index in [2.05, 4.69) is 0 Å². The maximum Gasteiger partial charge on any atom is 0.305 e. The third-order valence-corrected chi connectivity index (χ3v) is 1.92. The number of hydrogen-bond acceptors (Lipinski definition) is 2. The Labute approximate surface area is 87.5 Å². The van der Waals surface area contributed by atoms with Crippen molar-refractivity contribution in [3.63, 3.8) is 0 Å². The molecule has 0 aliphatic heterocycles. The summed E-state index contributed by atoms with van der Waals surface area (Å²) in [7, 11) is 0. The van der Waals surface area contributed by atoms with E-state index in [4.69, 9.17) is 10.8 Å². The standard InChI is InChI=1S/C9H7F4NO2/c10-4-1-3(5(14)2-6(15)16)7(11)9(13)8(4)12/h1,5H,2,14H2,(H,15,16). The average Bonchev–Trinajstić information content (AvgIpc) is 2.19. The smallest absolute Gasteiger partial charge is 0.305 e. The van der Waals surface area contributed by atoms with E-state index in [1.807, 2.05) is 0 Å². The van der Waals surface area contributed by atoms with E-state index in [1.165, 1.54) is 0 Å². The molecule has 1 rings (SSSR count). The second-order valence-corrected chi connectivity index (χ2v) is 3.09. The quantitative estimate of drug-likeness (QED) is 0.478. The van der Waals surface area contributed by atoms with Gasteiger partial charge in [-0.05, 0) is 6.07 Å². The monoisotopic (exact) mass is 237 g/mol. The van der Waals surface area contributed by atoms with E-state index in [0.717, 1.165) is 0 Å². The summed E-state index contributed by atoms with van der Waals surface area (Å²) in [5.41, 5.74) is 4.50. The van der Waals surface area contributed by atoms with Crippen LogP contribution >= 0.6 is 0 Å². The van der Waals surface area contributed by atoms with E-state index in [-0.39, 0.29) is 0 Å². The Kier molecular flexibility index (Phi) is 3.48. The van der Waals surface area contributed by atoms with Gasteiger partial charge in [0, 0.05) is 11.6 Å². The summed E-state index contributed by atoms with van der Waals surface area (Å²) in [6, 6.07) is -1.09. The molecule has 0 saturated carbocycles. The highest BCUT2D eigenvalue weighted by Crippen LogP contribution is 2.24. The summed E-state index contributed by atoms with van der Waals surface area (Å²) in [4.78, 5) is 10.3. The molecule has 1 atom stereocenters. The Balaban J connectivity index is 3.19. The van der Waals surface area contributed by atoms with Crippen LogP contribution in [0.15, 0.2) is 6.07 Å². The van der Waals surface area contributed by atoms with Crippen LogP contribution in [0.3, 0.4) is 0 Å². The fourth-order valence-electron chi connectivity index (χ4n) is 1.16. The lowest BCUT2D eigenvalue weighted by atomic mass is 10.0. The van der Waals surface area contributed by atoms with Crippen molar-refractivity contribution >= 4 is 5.97 Å². The molecule has 7 heteroatoms. The van der Waals surface area contributed by atoms with Crippen LogP contribution in [0.4, 0.5) is 17.6 Å². The van der Waals surface area contributed by atoms with Gasteiger partial charge in [0.2, 0.25) is 0 Å². The Bertz CT molecular complexity index is 436. The zero-order chi connectivity index (χ0) is 12.5. The first-order valence-electron chi connectivity index (χ1n) is 4.14. The lowest BCUT2D eigenvalue weighted by molar-refractivity contribution is -0.137. The van der Waals surface area contributed by atoms with E-state index < -0.39 is 47.3 Å². The maximum absolute atomic E-state index is 13.1. The van der Waals surface area contributed by atoms with Crippen LogP contribution in [-0.2, 0) is 4.79 Å². The zero-order valence-corrected chi connectivity index (χ0v) is 7.81. The van der Waals surface area contributed by atoms with Crippen molar-refractivity contribution in [1.29, 1.82) is 0 Å². The lowest BCUT2D eigenvalue weighted by Crippen LogP contribution is -2.18. The summed E-state index contributed by atoms with van der Waals surface area (Å²) in [5.74, 6) is -8.61. The largest absolute Gasteiger partial charge is 0.481 e. The van der Waals surface area contributed by atoms with Gasteiger partial charge in [0.15, 0.2) is 23.3 Å².